The topological polar surface area (TPSA) is 175 Å². The van der Waals surface area contributed by atoms with Gasteiger partial charge in [0.05, 0.1) is 13.2 Å². The van der Waals surface area contributed by atoms with E-state index < -0.39 is 61.8 Å². The lowest BCUT2D eigenvalue weighted by Gasteiger charge is -2.49. The highest BCUT2D eigenvalue weighted by Gasteiger charge is 2.53. The lowest BCUT2D eigenvalue weighted by molar-refractivity contribution is -0.238. The van der Waals surface area contributed by atoms with Crippen molar-refractivity contribution in [2.45, 2.75) is 218 Å². The Balaban J connectivity index is 2.07. The molecule has 0 radical (unpaired) electrons. The zero-order chi connectivity index (χ0) is 42.9. The third kappa shape index (κ3) is 21.5. The van der Waals surface area contributed by atoms with Gasteiger partial charge in [-0.05, 0) is 18.4 Å². The van der Waals surface area contributed by atoms with E-state index in [9.17, 15) is 29.7 Å². The highest BCUT2D eigenvalue weighted by atomic mass is 16.6. The van der Waals surface area contributed by atoms with Gasteiger partial charge < -0.3 is 35.8 Å². The monoisotopic (exact) mass is 833 g/mol. The van der Waals surface area contributed by atoms with Crippen molar-refractivity contribution in [3.05, 3.63) is 35.9 Å². The van der Waals surface area contributed by atoms with Crippen LogP contribution in [0, 0.1) is 0 Å². The summed E-state index contributed by atoms with van der Waals surface area (Å²) in [7, 11) is 0. The fourth-order valence-electron chi connectivity index (χ4n) is 7.98. The number of carbonyl (C=O) groups is 3. The van der Waals surface area contributed by atoms with E-state index in [2.05, 4.69) is 19.2 Å². The number of urea groups is 1. The number of unbranched alkanes of at least 4 members (excludes halogenated alkanes) is 24. The second-order valence-electron chi connectivity index (χ2n) is 16.6. The van der Waals surface area contributed by atoms with Crippen LogP contribution >= 0.6 is 0 Å². The van der Waals surface area contributed by atoms with Crippen molar-refractivity contribution in [1.29, 1.82) is 0 Å². The van der Waals surface area contributed by atoms with Crippen molar-refractivity contribution < 1.29 is 39.2 Å². The van der Waals surface area contributed by atoms with Gasteiger partial charge in [-0.3, -0.25) is 9.69 Å². The van der Waals surface area contributed by atoms with Gasteiger partial charge in [-0.15, -0.1) is 0 Å². The third-order valence-corrected chi connectivity index (χ3v) is 11.6. The Morgan fingerprint density at radius 3 is 1.59 bits per heavy atom. The van der Waals surface area contributed by atoms with E-state index >= 15 is 0 Å². The number of aliphatic hydroxyl groups is 3. The zero-order valence-electron chi connectivity index (χ0n) is 37.0. The average molecular weight is 833 g/mol. The summed E-state index contributed by atoms with van der Waals surface area (Å²) in [4.78, 5) is 43.2. The van der Waals surface area contributed by atoms with Crippen molar-refractivity contribution in [2.75, 3.05) is 26.2 Å². The van der Waals surface area contributed by atoms with Crippen molar-refractivity contribution in [2.24, 2.45) is 5.73 Å². The number of nitrogens with two attached hydrogens (primary N) is 1. The van der Waals surface area contributed by atoms with Gasteiger partial charge in [0.25, 0.3) is 0 Å². The molecule has 5 atom stereocenters. The number of imide groups is 1. The van der Waals surface area contributed by atoms with E-state index in [0.29, 0.717) is 23.4 Å². The van der Waals surface area contributed by atoms with Gasteiger partial charge in [0, 0.05) is 13.1 Å². The number of amides is 4. The molecular formula is C47H84N4O8. The third-order valence-electron chi connectivity index (χ3n) is 11.6. The minimum absolute atomic E-state index is 0.160. The first-order valence-corrected chi connectivity index (χ1v) is 23.7. The fraction of sp³-hybridized carbons (Fsp3) is 0.809. The maximum atomic E-state index is 14.0. The van der Waals surface area contributed by atoms with E-state index in [-0.39, 0.29) is 13.2 Å². The maximum absolute atomic E-state index is 14.0. The Morgan fingerprint density at radius 1 is 0.678 bits per heavy atom. The molecule has 12 nitrogen and oxygen atoms in total. The molecular weight excluding hydrogens is 749 g/mol. The smallest absolute Gasteiger partial charge is 0.417 e. The molecule has 0 unspecified atom stereocenters. The highest BCUT2D eigenvalue weighted by molar-refractivity contribution is 5.93. The molecule has 4 amide bonds. The van der Waals surface area contributed by atoms with Crippen LogP contribution in [0.5, 0.6) is 0 Å². The van der Waals surface area contributed by atoms with Gasteiger partial charge in [0.15, 0.2) is 6.23 Å². The van der Waals surface area contributed by atoms with Crippen molar-refractivity contribution in [1.82, 2.24) is 15.1 Å². The molecule has 1 saturated heterocycles. The lowest BCUT2D eigenvalue weighted by Crippen LogP contribution is -2.71. The first-order chi connectivity index (χ1) is 28.8. The molecule has 1 aliphatic heterocycles. The number of carbonyl (C=O) groups excluding carboxylic acids is 3. The molecule has 0 aromatic heterocycles. The molecule has 340 valence electrons. The van der Waals surface area contributed by atoms with Crippen LogP contribution in [-0.2, 0) is 20.9 Å². The number of nitrogens with one attached hydrogen (secondary N) is 1. The minimum Gasteiger partial charge on any atom is -0.444 e. The zero-order valence-corrected chi connectivity index (χ0v) is 37.0. The molecule has 1 heterocycles. The summed E-state index contributed by atoms with van der Waals surface area (Å²) in [6.45, 7) is 3.69. The number of hydrogen-bond donors (Lipinski definition) is 5. The molecule has 0 aliphatic carbocycles. The van der Waals surface area contributed by atoms with Gasteiger partial charge in [-0.25, -0.2) is 14.5 Å². The quantitative estimate of drug-likeness (QED) is 0.0424. The lowest BCUT2D eigenvalue weighted by atomic mass is 9.93. The molecule has 59 heavy (non-hydrogen) atoms. The Kier molecular flexibility index (Phi) is 30.1. The largest absolute Gasteiger partial charge is 0.444 e. The van der Waals surface area contributed by atoms with Gasteiger partial charge >= 0.3 is 12.1 Å². The Bertz CT molecular complexity index is 1210. The van der Waals surface area contributed by atoms with Gasteiger partial charge in [-0.2, -0.15) is 0 Å². The van der Waals surface area contributed by atoms with Crippen LogP contribution in [0.3, 0.4) is 0 Å². The fourth-order valence-corrected chi connectivity index (χ4v) is 7.98. The summed E-state index contributed by atoms with van der Waals surface area (Å²) in [6, 6.07) is 6.89. The molecule has 12 heteroatoms. The van der Waals surface area contributed by atoms with Crippen LogP contribution in [0.25, 0.3) is 0 Å². The molecule has 0 bridgehead atoms. The normalized spacial score (nSPS) is 19.1. The predicted octanol–water partition coefficient (Wildman–Crippen LogP) is 9.11. The Hall–Kier alpha value is -2.77. The minimum atomic E-state index is -1.77. The van der Waals surface area contributed by atoms with Crippen molar-refractivity contribution in [3.8, 4) is 0 Å². The number of benzene rings is 1. The second kappa shape index (κ2) is 33.9. The number of rotatable bonds is 34. The second-order valence-corrected chi connectivity index (χ2v) is 16.6. The van der Waals surface area contributed by atoms with Gasteiger partial charge in [-0.1, -0.05) is 198 Å². The number of ether oxygens (including phenoxy) is 2. The first kappa shape index (κ1) is 52.4. The molecule has 0 saturated carbocycles. The standard InChI is InChI=1S/C47H84N4O8/c1-3-5-7-9-11-13-15-16-17-18-19-20-22-24-26-31-35-50(46(56)49-34-30-25-23-21-14-12-10-8-6-4-2)45-42(44(55)43(54)40(37-52)59-45)51(41(53)36-48)47(57)58-38-39-32-28-27-29-33-39/h27-29,32-33,40,42-45,52,54-55H,3-26,30-31,34-38,48H2,1-2H3,(H,49,56)/t40-,42-,43-,44-,45-/m1/s1. The van der Waals surface area contributed by atoms with Crippen LogP contribution in [0.2, 0.25) is 0 Å². The molecule has 1 aromatic carbocycles. The summed E-state index contributed by atoms with van der Waals surface area (Å²) in [5, 5.41) is 35.7. The molecule has 6 N–H and O–H groups in total. The SMILES string of the molecule is CCCCCCCCCCCCCCCCCCN(C(=O)NCCCCCCCCCCCC)[C@@H]1O[C@H](CO)[C@@H](O)[C@H](O)[C@H]1N(C(=O)CN)C(=O)OCc1ccccc1. The number of aliphatic hydroxyl groups excluding tert-OH is 3. The predicted molar refractivity (Wildman–Crippen MR) is 236 cm³/mol. The van der Waals surface area contributed by atoms with Crippen LogP contribution in [-0.4, -0.2) is 100.0 Å². The summed E-state index contributed by atoms with van der Waals surface area (Å²) >= 11 is 0. The molecule has 1 fully saturated rings. The Labute approximate surface area is 357 Å². The van der Waals surface area contributed by atoms with E-state index in [1.165, 1.54) is 114 Å². The number of nitrogens with zero attached hydrogens (tertiary/aromatic N) is 2. The van der Waals surface area contributed by atoms with Crippen molar-refractivity contribution in [3.63, 3.8) is 0 Å². The molecule has 2 rings (SSSR count). The van der Waals surface area contributed by atoms with Crippen LogP contribution in [0.1, 0.15) is 186 Å². The van der Waals surface area contributed by atoms with Crippen molar-refractivity contribution >= 4 is 18.0 Å². The van der Waals surface area contributed by atoms with E-state index in [4.69, 9.17) is 15.2 Å². The van der Waals surface area contributed by atoms with Crippen LogP contribution in [0.4, 0.5) is 9.59 Å². The molecule has 1 aliphatic rings. The van der Waals surface area contributed by atoms with E-state index in [1.54, 1.807) is 24.3 Å². The van der Waals surface area contributed by atoms with Crippen LogP contribution in [0.15, 0.2) is 30.3 Å². The average Bonchev–Trinajstić information content (AvgIpc) is 3.25. The summed E-state index contributed by atoms with van der Waals surface area (Å²) in [5.41, 5.74) is 6.45. The van der Waals surface area contributed by atoms with Crippen LogP contribution < -0.4 is 11.1 Å². The molecule has 0 spiro atoms. The molecule has 1 aromatic rings. The first-order valence-electron chi connectivity index (χ1n) is 23.7. The van der Waals surface area contributed by atoms with E-state index in [0.717, 1.165) is 51.4 Å². The summed E-state index contributed by atoms with van der Waals surface area (Å²) in [5.74, 6) is -0.872. The summed E-state index contributed by atoms with van der Waals surface area (Å²) in [6.07, 6.45) is 23.6. The van der Waals surface area contributed by atoms with Gasteiger partial charge in [0.2, 0.25) is 5.91 Å². The Morgan fingerprint density at radius 2 is 1.14 bits per heavy atom. The highest BCUT2D eigenvalue weighted by Crippen LogP contribution is 2.29. The summed E-state index contributed by atoms with van der Waals surface area (Å²) < 4.78 is 11.7. The van der Waals surface area contributed by atoms with Gasteiger partial charge in [0.1, 0.15) is 31.0 Å². The van der Waals surface area contributed by atoms with E-state index in [1.807, 2.05) is 6.07 Å². The maximum Gasteiger partial charge on any atom is 0.417 e. The number of hydrogen-bond acceptors (Lipinski definition) is 9.